The monoisotopic (exact) mass is 1580 g/mol. The Morgan fingerprint density at radius 1 is 0.350 bits per heavy atom. The fourth-order valence-electron chi connectivity index (χ4n) is 19.6. The first-order valence-corrected chi connectivity index (χ1v) is 43.6. The predicted octanol–water partition coefficient (Wildman–Crippen LogP) is 32.4. The normalized spacial score (nSPS) is 13.8. The SMILES string of the molecule is CC1=CC(C)C(N(c2ccc(-c3ccc4c(c3)c3ccc5c6cc(-c7ccccc7Cc7ccc(N(c8ccc(N(c9ccccc9)c9ccc(-c%10ccc%11c(c%10)c%10ccc%12c%13ccccc%13sc%12c%10n%11-c%10ccccc%10)cc9)cc8)c8ccc(C(C)(C)C)cc8)cc7)ccc6sc5c3n4-c3ccccc3)cc2)c2c(C)cc(C)cc2C)C(C)=C1. The maximum absolute atomic E-state index is 2.61. The molecule has 21 rings (SSSR count). The highest BCUT2D eigenvalue weighted by atomic mass is 32.1. The van der Waals surface area contributed by atoms with E-state index >= 15 is 0 Å². The number of benzene rings is 16. The summed E-state index contributed by atoms with van der Waals surface area (Å²) in [4.78, 5) is 7.38. The van der Waals surface area contributed by atoms with Gasteiger partial charge in [-0.25, -0.2) is 0 Å². The Kier molecular flexibility index (Phi) is 18.4. The van der Waals surface area contributed by atoms with Crippen LogP contribution in [0.15, 0.2) is 375 Å². The maximum atomic E-state index is 2.61. The van der Waals surface area contributed by atoms with Crippen LogP contribution in [0.5, 0.6) is 0 Å². The Morgan fingerprint density at radius 2 is 0.775 bits per heavy atom. The lowest BCUT2D eigenvalue weighted by atomic mass is 9.85. The minimum atomic E-state index is 0.00556. The first kappa shape index (κ1) is 74.0. The molecule has 0 amide bonds. The number of nitrogens with zero attached hydrogens (tertiary/aromatic N) is 5. The van der Waals surface area contributed by atoms with Gasteiger partial charge in [-0.15, -0.1) is 22.7 Å². The molecule has 2 unspecified atom stereocenters. The van der Waals surface area contributed by atoms with Gasteiger partial charge in [0.15, 0.2) is 0 Å². The van der Waals surface area contributed by atoms with Crippen LogP contribution in [0.25, 0.3) is 129 Å². The fourth-order valence-corrected chi connectivity index (χ4v) is 22.0. The van der Waals surface area contributed by atoms with Gasteiger partial charge in [0.1, 0.15) is 0 Å². The molecule has 0 radical (unpaired) electrons. The highest BCUT2D eigenvalue weighted by molar-refractivity contribution is 7.27. The molecule has 0 bridgehead atoms. The maximum Gasteiger partial charge on any atom is 0.0719 e. The molecule has 0 saturated heterocycles. The zero-order chi connectivity index (χ0) is 81.2. The topological polar surface area (TPSA) is 19.6 Å². The van der Waals surface area contributed by atoms with Crippen LogP contribution in [0, 0.1) is 26.7 Å². The molecule has 5 nitrogen and oxygen atoms in total. The summed E-state index contributed by atoms with van der Waals surface area (Å²) in [6.45, 7) is 20.5. The van der Waals surface area contributed by atoms with Crippen LogP contribution >= 0.6 is 22.7 Å². The van der Waals surface area contributed by atoms with E-state index in [9.17, 15) is 0 Å². The number of aromatic nitrogens is 2. The molecule has 0 fully saturated rings. The lowest BCUT2D eigenvalue weighted by Crippen LogP contribution is -2.39. The van der Waals surface area contributed by atoms with Crippen LogP contribution in [0.4, 0.5) is 45.5 Å². The second kappa shape index (κ2) is 29.8. The summed E-state index contributed by atoms with van der Waals surface area (Å²) >= 11 is 3.80. The number of anilines is 8. The Bertz CT molecular complexity index is 7420. The molecular weight excluding hydrogens is 1490 g/mol. The van der Waals surface area contributed by atoms with Gasteiger partial charge < -0.3 is 23.8 Å². The Morgan fingerprint density at radius 3 is 1.32 bits per heavy atom. The lowest BCUT2D eigenvalue weighted by Gasteiger charge is -2.41. The second-order valence-electron chi connectivity index (χ2n) is 34.0. The van der Waals surface area contributed by atoms with Crippen molar-refractivity contribution in [3.8, 4) is 44.8 Å². The summed E-state index contributed by atoms with van der Waals surface area (Å²) in [5.74, 6) is 0.339. The number of rotatable bonds is 16. The van der Waals surface area contributed by atoms with Crippen molar-refractivity contribution in [2.45, 2.75) is 80.2 Å². The number of para-hydroxylation sites is 3. The molecule has 580 valence electrons. The molecule has 0 N–H and O–H groups in total. The van der Waals surface area contributed by atoms with E-state index in [0.29, 0.717) is 5.92 Å². The molecule has 1 aliphatic carbocycles. The van der Waals surface area contributed by atoms with Gasteiger partial charge in [-0.05, 0) is 271 Å². The lowest BCUT2D eigenvalue weighted by molar-refractivity contribution is 0.577. The van der Waals surface area contributed by atoms with Crippen molar-refractivity contribution in [1.82, 2.24) is 9.13 Å². The summed E-state index contributed by atoms with van der Waals surface area (Å²) in [6, 6.07) is 132. The van der Waals surface area contributed by atoms with Crippen molar-refractivity contribution < 1.29 is 0 Å². The largest absolute Gasteiger partial charge is 0.333 e. The van der Waals surface area contributed by atoms with Crippen LogP contribution in [0.2, 0.25) is 0 Å². The predicted molar refractivity (Wildman–Crippen MR) is 518 cm³/mol. The third-order valence-electron chi connectivity index (χ3n) is 25.0. The standard InChI is InChI=1S/C113H91N5S2/c1-71-63-73(3)107(74(4)64-71)118(108-75(5)65-72(2)66-76(108)6)93-48-37-79(38-49-93)81-40-61-104-101(69-81)97-57-59-99-102-70-83(41-62-106(102)120-112(99)110(97)117(104)87-28-17-12-18-29-87)94-30-20-19-23-82(94)67-77-33-44-88(45-34-77)115(90-50-42-84(43-51-90)113(7,8)9)92-54-52-91(53-55-92)114(85-24-13-10-14-25-85)89-46-35-78(36-47-89)80-39-60-103-100(68-80)96-56-58-98-95-31-21-22-32-105(95)119-111(98)109(96)116(103)86-26-15-11-16-27-86/h10-66,68-70,73,107H,67H2,1-9H3. The van der Waals surface area contributed by atoms with E-state index in [1.165, 1.54) is 168 Å². The van der Waals surface area contributed by atoms with E-state index in [0.717, 1.165) is 57.5 Å². The molecule has 0 saturated carbocycles. The zero-order valence-electron chi connectivity index (χ0n) is 69.1. The number of allylic oxidation sites excluding steroid dienone is 2. The number of thiophene rings is 2. The molecule has 1 aliphatic rings. The number of aryl methyl sites for hydroxylation is 3. The number of fused-ring (bicyclic) bond motifs is 14. The minimum absolute atomic E-state index is 0.00556. The minimum Gasteiger partial charge on any atom is -0.333 e. The molecular formula is C113H91N5S2. The highest BCUT2D eigenvalue weighted by Crippen LogP contribution is 2.50. The van der Waals surface area contributed by atoms with E-state index in [1.807, 2.05) is 22.7 Å². The van der Waals surface area contributed by atoms with Gasteiger partial charge >= 0.3 is 0 Å². The number of hydrogen-bond donors (Lipinski definition) is 0. The van der Waals surface area contributed by atoms with Gasteiger partial charge in [0.2, 0.25) is 0 Å². The van der Waals surface area contributed by atoms with Crippen LogP contribution in [0.1, 0.15) is 74.9 Å². The Balaban J connectivity index is 0.580. The molecule has 4 aromatic heterocycles. The molecule has 16 aromatic carbocycles. The molecule has 0 spiro atoms. The average Bonchev–Trinajstić information content (AvgIpc) is 1.56. The molecule has 7 heteroatoms. The van der Waals surface area contributed by atoms with Crippen LogP contribution in [0.3, 0.4) is 0 Å². The van der Waals surface area contributed by atoms with Gasteiger partial charge in [-0.2, -0.15) is 0 Å². The summed E-state index contributed by atoms with van der Waals surface area (Å²) in [6.07, 6.45) is 5.58. The highest BCUT2D eigenvalue weighted by Gasteiger charge is 2.32. The first-order valence-electron chi connectivity index (χ1n) is 42.0. The van der Waals surface area contributed by atoms with Gasteiger partial charge in [0, 0.05) is 109 Å². The van der Waals surface area contributed by atoms with Crippen LogP contribution < -0.4 is 14.7 Å². The molecule has 20 aromatic rings. The summed E-state index contributed by atoms with van der Waals surface area (Å²) in [5.41, 5.74) is 33.9. The van der Waals surface area contributed by atoms with Gasteiger partial charge in [0.05, 0.1) is 37.5 Å². The van der Waals surface area contributed by atoms with E-state index in [2.05, 4.69) is 450 Å². The molecule has 2 atom stereocenters. The smallest absolute Gasteiger partial charge is 0.0719 e. The van der Waals surface area contributed by atoms with E-state index < -0.39 is 0 Å². The number of hydrogen-bond acceptors (Lipinski definition) is 5. The quantitative estimate of drug-likeness (QED) is 0.0961. The third kappa shape index (κ3) is 13.0. The van der Waals surface area contributed by atoms with Crippen LogP contribution in [-0.2, 0) is 11.8 Å². The van der Waals surface area contributed by atoms with E-state index in [-0.39, 0.29) is 11.5 Å². The van der Waals surface area contributed by atoms with Gasteiger partial charge in [-0.3, -0.25) is 0 Å². The first-order chi connectivity index (χ1) is 58.6. The van der Waals surface area contributed by atoms with Gasteiger partial charge in [-0.1, -0.05) is 251 Å². The summed E-state index contributed by atoms with van der Waals surface area (Å²) in [7, 11) is 0. The fraction of sp³-hybridized carbons (Fsp3) is 0.115. The molecule has 4 heterocycles. The van der Waals surface area contributed by atoms with Crippen molar-refractivity contribution in [3.63, 3.8) is 0 Å². The van der Waals surface area contributed by atoms with Crippen molar-refractivity contribution >= 4 is 152 Å². The van der Waals surface area contributed by atoms with E-state index in [1.54, 1.807) is 0 Å². The Labute approximate surface area is 710 Å². The van der Waals surface area contributed by atoms with Gasteiger partial charge in [0.25, 0.3) is 0 Å². The van der Waals surface area contributed by atoms with E-state index in [4.69, 9.17) is 0 Å². The van der Waals surface area contributed by atoms with Crippen molar-refractivity contribution in [2.75, 3.05) is 14.7 Å². The summed E-state index contributed by atoms with van der Waals surface area (Å²) < 4.78 is 10.2. The molecule has 0 aliphatic heterocycles. The second-order valence-corrected chi connectivity index (χ2v) is 36.1. The van der Waals surface area contributed by atoms with Crippen molar-refractivity contribution in [2.24, 2.45) is 5.92 Å². The Hall–Kier alpha value is -13.6. The third-order valence-corrected chi connectivity index (χ3v) is 27.4. The van der Waals surface area contributed by atoms with Crippen LogP contribution in [-0.4, -0.2) is 15.2 Å². The van der Waals surface area contributed by atoms with Crippen molar-refractivity contribution in [1.29, 1.82) is 0 Å². The zero-order valence-corrected chi connectivity index (χ0v) is 70.7. The molecule has 120 heavy (non-hydrogen) atoms. The average molecular weight is 1580 g/mol. The summed E-state index contributed by atoms with van der Waals surface area (Å²) in [5, 5.41) is 10.2. The van der Waals surface area contributed by atoms with Crippen molar-refractivity contribution in [3.05, 3.63) is 409 Å².